The number of benzene rings is 2. The van der Waals surface area contributed by atoms with Gasteiger partial charge in [0.05, 0.1) is 6.61 Å². The average molecular weight is 334 g/mol. The third kappa shape index (κ3) is 3.61. The molecule has 0 aromatic heterocycles. The molecule has 0 heterocycles. The van der Waals surface area contributed by atoms with Crippen molar-refractivity contribution < 1.29 is 9.53 Å². The average Bonchev–Trinajstić information content (AvgIpc) is 2.47. The zero-order chi connectivity index (χ0) is 14.4. The number of hydrogen-bond donors (Lipinski definition) is 1. The van der Waals surface area contributed by atoms with E-state index < -0.39 is 6.04 Å². The highest BCUT2D eigenvalue weighted by molar-refractivity contribution is 9.10. The van der Waals surface area contributed by atoms with Crippen LogP contribution in [0.2, 0.25) is 0 Å². The molecule has 0 aliphatic rings. The van der Waals surface area contributed by atoms with Crippen LogP contribution in [0.3, 0.4) is 0 Å². The summed E-state index contributed by atoms with van der Waals surface area (Å²) in [7, 11) is 0. The van der Waals surface area contributed by atoms with Crippen molar-refractivity contribution in [3.63, 3.8) is 0 Å². The fourth-order valence-corrected chi connectivity index (χ4v) is 2.41. The molecule has 0 radical (unpaired) electrons. The first-order chi connectivity index (χ1) is 9.72. The summed E-state index contributed by atoms with van der Waals surface area (Å²) in [6.07, 6.45) is 0. The first-order valence-electron chi connectivity index (χ1n) is 6.45. The van der Waals surface area contributed by atoms with Gasteiger partial charge in [-0.3, -0.25) is 0 Å². The quantitative estimate of drug-likeness (QED) is 0.834. The Bertz CT molecular complexity index is 572. The predicted molar refractivity (Wildman–Crippen MR) is 83.6 cm³/mol. The number of ether oxygens (including phenoxy) is 1. The molecule has 4 heteroatoms. The molecule has 0 saturated heterocycles. The van der Waals surface area contributed by atoms with Gasteiger partial charge in [0.1, 0.15) is 0 Å². The molecule has 2 aromatic carbocycles. The summed E-state index contributed by atoms with van der Waals surface area (Å²) < 4.78 is 6.04. The Morgan fingerprint density at radius 3 is 2.45 bits per heavy atom. The highest BCUT2D eigenvalue weighted by Crippen LogP contribution is 2.27. The van der Waals surface area contributed by atoms with Gasteiger partial charge in [-0.1, -0.05) is 52.3 Å². The van der Waals surface area contributed by atoms with E-state index in [1.54, 1.807) is 6.92 Å². The Morgan fingerprint density at radius 2 is 1.80 bits per heavy atom. The number of hydrogen-bond acceptors (Lipinski definition) is 3. The number of carbonyl (C=O) groups excluding carboxylic acids is 1. The van der Waals surface area contributed by atoms with Crippen LogP contribution in [0.4, 0.5) is 5.69 Å². The number of rotatable bonds is 5. The molecule has 1 atom stereocenters. The van der Waals surface area contributed by atoms with Crippen LogP contribution in [0.5, 0.6) is 0 Å². The van der Waals surface area contributed by atoms with Crippen molar-refractivity contribution >= 4 is 27.6 Å². The van der Waals surface area contributed by atoms with E-state index in [-0.39, 0.29) is 5.97 Å². The van der Waals surface area contributed by atoms with Crippen molar-refractivity contribution in [3.05, 3.63) is 64.6 Å². The Balaban J connectivity index is 2.30. The monoisotopic (exact) mass is 333 g/mol. The maximum absolute atomic E-state index is 12.2. The van der Waals surface area contributed by atoms with Crippen LogP contribution in [0, 0.1) is 0 Å². The van der Waals surface area contributed by atoms with Gasteiger partial charge in [0.2, 0.25) is 0 Å². The van der Waals surface area contributed by atoms with Crippen molar-refractivity contribution in [3.8, 4) is 0 Å². The van der Waals surface area contributed by atoms with Crippen LogP contribution in [0.15, 0.2) is 59.1 Å². The Hall–Kier alpha value is -1.81. The number of anilines is 1. The molecular formula is C16H16BrNO2. The maximum Gasteiger partial charge on any atom is 0.333 e. The fourth-order valence-electron chi connectivity index (χ4n) is 1.90. The van der Waals surface area contributed by atoms with Gasteiger partial charge in [-0.25, -0.2) is 4.79 Å². The van der Waals surface area contributed by atoms with Gasteiger partial charge in [-0.15, -0.1) is 0 Å². The zero-order valence-electron chi connectivity index (χ0n) is 11.2. The van der Waals surface area contributed by atoms with E-state index in [0.717, 1.165) is 15.7 Å². The van der Waals surface area contributed by atoms with Gasteiger partial charge in [0, 0.05) is 10.2 Å². The van der Waals surface area contributed by atoms with Crippen molar-refractivity contribution in [2.45, 2.75) is 13.0 Å². The molecule has 0 spiro atoms. The molecule has 0 aliphatic carbocycles. The first-order valence-corrected chi connectivity index (χ1v) is 7.24. The lowest BCUT2D eigenvalue weighted by Gasteiger charge is -2.20. The second kappa shape index (κ2) is 7.10. The van der Waals surface area contributed by atoms with E-state index >= 15 is 0 Å². The van der Waals surface area contributed by atoms with E-state index in [0.29, 0.717) is 6.61 Å². The third-order valence-electron chi connectivity index (χ3n) is 2.82. The van der Waals surface area contributed by atoms with Crippen LogP contribution >= 0.6 is 15.9 Å². The number of nitrogens with one attached hydrogen (secondary N) is 1. The molecule has 0 fully saturated rings. The molecule has 0 bridgehead atoms. The van der Waals surface area contributed by atoms with E-state index in [4.69, 9.17) is 4.74 Å². The van der Waals surface area contributed by atoms with Crippen LogP contribution < -0.4 is 5.32 Å². The zero-order valence-corrected chi connectivity index (χ0v) is 12.8. The number of para-hydroxylation sites is 1. The Kier molecular flexibility index (Phi) is 5.18. The van der Waals surface area contributed by atoms with Crippen LogP contribution in [0.1, 0.15) is 18.5 Å². The van der Waals surface area contributed by atoms with E-state index in [1.807, 2.05) is 54.6 Å². The highest BCUT2D eigenvalue weighted by Gasteiger charge is 2.23. The summed E-state index contributed by atoms with van der Waals surface area (Å²) in [5, 5.41) is 3.22. The Morgan fingerprint density at radius 1 is 1.15 bits per heavy atom. The maximum atomic E-state index is 12.2. The molecule has 2 aromatic rings. The summed E-state index contributed by atoms with van der Waals surface area (Å²) in [5.41, 5.74) is 1.73. The molecule has 104 valence electrons. The van der Waals surface area contributed by atoms with E-state index in [1.165, 1.54) is 0 Å². The van der Waals surface area contributed by atoms with Crippen molar-refractivity contribution in [2.24, 2.45) is 0 Å². The summed E-state index contributed by atoms with van der Waals surface area (Å²) in [6, 6.07) is 16.7. The normalized spacial score (nSPS) is 11.7. The molecular weight excluding hydrogens is 318 g/mol. The molecule has 20 heavy (non-hydrogen) atoms. The number of esters is 1. The van der Waals surface area contributed by atoms with Gasteiger partial charge in [-0.05, 0) is 30.7 Å². The second-order valence-corrected chi connectivity index (χ2v) is 5.07. The van der Waals surface area contributed by atoms with Gasteiger partial charge < -0.3 is 10.1 Å². The van der Waals surface area contributed by atoms with Crippen molar-refractivity contribution in [2.75, 3.05) is 11.9 Å². The molecule has 0 amide bonds. The standard InChI is InChI=1S/C16H16BrNO2/c1-2-20-16(19)15(13-10-6-7-11-14(13)17)18-12-8-4-3-5-9-12/h3-11,15,18H,2H2,1H3. The molecule has 0 saturated carbocycles. The van der Waals surface area contributed by atoms with Crippen LogP contribution in [-0.4, -0.2) is 12.6 Å². The smallest absolute Gasteiger partial charge is 0.333 e. The van der Waals surface area contributed by atoms with Gasteiger partial charge in [-0.2, -0.15) is 0 Å². The largest absolute Gasteiger partial charge is 0.464 e. The SMILES string of the molecule is CCOC(=O)C(Nc1ccccc1)c1ccccc1Br. The lowest BCUT2D eigenvalue weighted by Crippen LogP contribution is -2.23. The van der Waals surface area contributed by atoms with Gasteiger partial charge in [0.15, 0.2) is 6.04 Å². The van der Waals surface area contributed by atoms with E-state index in [2.05, 4.69) is 21.2 Å². The first kappa shape index (κ1) is 14.6. The molecule has 2 rings (SSSR count). The summed E-state index contributed by atoms with van der Waals surface area (Å²) in [5.74, 6) is -0.289. The fraction of sp³-hybridized carbons (Fsp3) is 0.188. The topological polar surface area (TPSA) is 38.3 Å². The van der Waals surface area contributed by atoms with E-state index in [9.17, 15) is 4.79 Å². The summed E-state index contributed by atoms with van der Waals surface area (Å²) in [4.78, 5) is 12.2. The minimum atomic E-state index is -0.534. The van der Waals surface area contributed by atoms with Crippen molar-refractivity contribution in [1.29, 1.82) is 0 Å². The summed E-state index contributed by atoms with van der Waals surface area (Å²) >= 11 is 3.48. The summed E-state index contributed by atoms with van der Waals surface area (Å²) in [6.45, 7) is 2.16. The van der Waals surface area contributed by atoms with Crippen LogP contribution in [0.25, 0.3) is 0 Å². The number of halogens is 1. The lowest BCUT2D eigenvalue weighted by atomic mass is 10.1. The minimum Gasteiger partial charge on any atom is -0.464 e. The van der Waals surface area contributed by atoms with Crippen molar-refractivity contribution in [1.82, 2.24) is 0 Å². The second-order valence-electron chi connectivity index (χ2n) is 4.22. The van der Waals surface area contributed by atoms with Crippen LogP contribution in [-0.2, 0) is 9.53 Å². The molecule has 0 aliphatic heterocycles. The molecule has 1 N–H and O–H groups in total. The third-order valence-corrected chi connectivity index (χ3v) is 3.55. The molecule has 3 nitrogen and oxygen atoms in total. The highest BCUT2D eigenvalue weighted by atomic mass is 79.9. The number of carbonyl (C=O) groups is 1. The lowest BCUT2D eigenvalue weighted by molar-refractivity contribution is -0.144. The van der Waals surface area contributed by atoms with Gasteiger partial charge >= 0.3 is 5.97 Å². The molecule has 1 unspecified atom stereocenters. The minimum absolute atomic E-state index is 0.289. The van der Waals surface area contributed by atoms with Gasteiger partial charge in [0.25, 0.3) is 0 Å². The predicted octanol–water partition coefficient (Wildman–Crippen LogP) is 4.17. The Labute approximate surface area is 127 Å².